The van der Waals surface area contributed by atoms with E-state index >= 15 is 0 Å². The Morgan fingerprint density at radius 3 is 2.04 bits per heavy atom. The van der Waals surface area contributed by atoms with Gasteiger partial charge in [0.15, 0.2) is 0 Å². The second-order valence-electron chi connectivity index (χ2n) is 5.54. The first kappa shape index (κ1) is 17.3. The van der Waals surface area contributed by atoms with Crippen LogP contribution in [0.4, 0.5) is 11.4 Å². The lowest BCUT2D eigenvalue weighted by Crippen LogP contribution is -2.30. The summed E-state index contributed by atoms with van der Waals surface area (Å²) < 4.78 is 27.7. The molecular formula is C19H17ClN2O2S. The molecule has 128 valence electrons. The van der Waals surface area contributed by atoms with Crippen molar-refractivity contribution in [1.29, 1.82) is 0 Å². The molecule has 0 fully saturated rings. The van der Waals surface area contributed by atoms with Gasteiger partial charge in [0.1, 0.15) is 0 Å². The van der Waals surface area contributed by atoms with Gasteiger partial charge in [0.05, 0.1) is 17.1 Å². The fourth-order valence-electron chi connectivity index (χ4n) is 2.44. The normalized spacial score (nSPS) is 11.2. The van der Waals surface area contributed by atoms with E-state index in [-0.39, 0.29) is 11.4 Å². The Morgan fingerprint density at radius 2 is 1.44 bits per heavy atom. The molecule has 0 saturated heterocycles. The molecule has 2 N–H and O–H groups in total. The zero-order valence-corrected chi connectivity index (χ0v) is 14.9. The summed E-state index contributed by atoms with van der Waals surface area (Å²) in [5.74, 6) is 0. The summed E-state index contributed by atoms with van der Waals surface area (Å²) in [5, 5.41) is 0.549. The third-order valence-electron chi connectivity index (χ3n) is 3.75. The van der Waals surface area contributed by atoms with Crippen LogP contribution in [0.2, 0.25) is 5.02 Å². The van der Waals surface area contributed by atoms with Crippen LogP contribution < -0.4 is 10.0 Å². The zero-order valence-electron chi connectivity index (χ0n) is 13.3. The van der Waals surface area contributed by atoms with Crippen LogP contribution in [0.5, 0.6) is 0 Å². The van der Waals surface area contributed by atoms with Crippen LogP contribution >= 0.6 is 11.6 Å². The fourth-order valence-corrected chi connectivity index (χ4v) is 4.02. The Bertz CT molecular complexity index is 941. The van der Waals surface area contributed by atoms with Gasteiger partial charge in [-0.1, -0.05) is 41.9 Å². The molecule has 0 unspecified atom stereocenters. The lowest BCUT2D eigenvalue weighted by molar-refractivity contribution is 0.590. The van der Waals surface area contributed by atoms with Gasteiger partial charge in [0.2, 0.25) is 0 Å². The maximum Gasteiger partial charge on any atom is 0.264 e. The molecule has 3 aromatic carbocycles. The summed E-state index contributed by atoms with van der Waals surface area (Å²) >= 11 is 5.94. The first-order valence-electron chi connectivity index (χ1n) is 7.64. The average Bonchev–Trinajstić information content (AvgIpc) is 2.62. The van der Waals surface area contributed by atoms with E-state index in [1.165, 1.54) is 16.4 Å². The third-order valence-corrected chi connectivity index (χ3v) is 5.79. The van der Waals surface area contributed by atoms with Crippen molar-refractivity contribution in [2.45, 2.75) is 11.4 Å². The molecule has 0 amide bonds. The second-order valence-corrected chi connectivity index (χ2v) is 7.84. The summed E-state index contributed by atoms with van der Waals surface area (Å²) in [6.07, 6.45) is 0. The molecule has 0 atom stereocenters. The number of nitrogens with zero attached hydrogens (tertiary/aromatic N) is 1. The lowest BCUT2D eigenvalue weighted by atomic mass is 10.2. The van der Waals surface area contributed by atoms with Crippen LogP contribution in [-0.4, -0.2) is 8.42 Å². The molecular weight excluding hydrogens is 356 g/mol. The van der Waals surface area contributed by atoms with Crippen molar-refractivity contribution >= 4 is 33.0 Å². The highest BCUT2D eigenvalue weighted by Crippen LogP contribution is 2.27. The van der Waals surface area contributed by atoms with Gasteiger partial charge in [-0.25, -0.2) is 8.42 Å². The van der Waals surface area contributed by atoms with Crippen molar-refractivity contribution in [3.05, 3.63) is 89.4 Å². The van der Waals surface area contributed by atoms with E-state index in [0.29, 0.717) is 16.4 Å². The van der Waals surface area contributed by atoms with Gasteiger partial charge in [0, 0.05) is 10.7 Å². The maximum atomic E-state index is 13.2. The van der Waals surface area contributed by atoms with Crippen LogP contribution in [0.3, 0.4) is 0 Å². The zero-order chi connectivity index (χ0) is 17.9. The molecule has 0 saturated carbocycles. The van der Waals surface area contributed by atoms with E-state index < -0.39 is 10.0 Å². The van der Waals surface area contributed by atoms with E-state index in [0.717, 1.165) is 5.56 Å². The Labute approximate surface area is 152 Å². The SMILES string of the molecule is Nc1ccc(S(=O)(=O)N(Cc2ccccc2)c2ccc(Cl)cc2)cc1. The van der Waals surface area contributed by atoms with E-state index in [2.05, 4.69) is 0 Å². The van der Waals surface area contributed by atoms with Crippen LogP contribution in [-0.2, 0) is 16.6 Å². The van der Waals surface area contributed by atoms with Crippen molar-refractivity contribution in [2.24, 2.45) is 0 Å². The van der Waals surface area contributed by atoms with Crippen molar-refractivity contribution in [2.75, 3.05) is 10.0 Å². The number of anilines is 2. The smallest absolute Gasteiger partial charge is 0.264 e. The number of hydrogen-bond donors (Lipinski definition) is 1. The molecule has 0 aliphatic carbocycles. The van der Waals surface area contributed by atoms with E-state index in [1.807, 2.05) is 30.3 Å². The van der Waals surface area contributed by atoms with Crippen LogP contribution in [0.25, 0.3) is 0 Å². The second kappa shape index (κ2) is 7.17. The summed E-state index contributed by atoms with van der Waals surface area (Å²) in [5.41, 5.74) is 7.62. The van der Waals surface area contributed by atoms with E-state index in [4.69, 9.17) is 17.3 Å². The Hall–Kier alpha value is -2.50. The molecule has 6 heteroatoms. The van der Waals surface area contributed by atoms with E-state index in [9.17, 15) is 8.42 Å². The number of rotatable bonds is 5. The predicted molar refractivity (Wildman–Crippen MR) is 102 cm³/mol. The molecule has 3 aromatic rings. The van der Waals surface area contributed by atoms with Crippen LogP contribution in [0.15, 0.2) is 83.8 Å². The summed E-state index contributed by atoms with van der Waals surface area (Å²) in [7, 11) is -3.75. The lowest BCUT2D eigenvalue weighted by Gasteiger charge is -2.25. The Kier molecular flexibility index (Phi) is 4.97. The van der Waals surface area contributed by atoms with Crippen LogP contribution in [0, 0.1) is 0 Å². The first-order chi connectivity index (χ1) is 12.0. The standard InChI is InChI=1S/C19H17ClN2O2S/c20-16-6-10-18(11-7-16)22(14-15-4-2-1-3-5-15)25(23,24)19-12-8-17(21)9-13-19/h1-13H,14,21H2. The summed E-state index contributed by atoms with van der Waals surface area (Å²) in [6, 6.07) is 22.4. The van der Waals surface area contributed by atoms with Crippen molar-refractivity contribution in [1.82, 2.24) is 0 Å². The van der Waals surface area contributed by atoms with Gasteiger partial charge < -0.3 is 5.73 Å². The molecule has 0 radical (unpaired) electrons. The molecule has 0 aromatic heterocycles. The van der Waals surface area contributed by atoms with E-state index in [1.54, 1.807) is 36.4 Å². The number of sulfonamides is 1. The third kappa shape index (κ3) is 3.95. The number of nitrogen functional groups attached to an aromatic ring is 1. The molecule has 0 spiro atoms. The molecule has 0 aliphatic heterocycles. The topological polar surface area (TPSA) is 63.4 Å². The minimum atomic E-state index is -3.75. The van der Waals surface area contributed by atoms with Gasteiger partial charge in [-0.05, 0) is 54.1 Å². The molecule has 0 heterocycles. The molecule has 25 heavy (non-hydrogen) atoms. The fraction of sp³-hybridized carbons (Fsp3) is 0.0526. The van der Waals surface area contributed by atoms with Crippen molar-refractivity contribution in [3.8, 4) is 0 Å². The van der Waals surface area contributed by atoms with Gasteiger partial charge in [-0.15, -0.1) is 0 Å². The molecule has 4 nitrogen and oxygen atoms in total. The maximum absolute atomic E-state index is 13.2. The summed E-state index contributed by atoms with van der Waals surface area (Å²) in [4.78, 5) is 0.188. The highest BCUT2D eigenvalue weighted by Gasteiger charge is 2.25. The monoisotopic (exact) mass is 372 g/mol. The summed E-state index contributed by atoms with van der Waals surface area (Å²) in [6.45, 7) is 0.217. The molecule has 0 aliphatic rings. The minimum absolute atomic E-state index is 0.188. The molecule has 3 rings (SSSR count). The number of nitrogens with two attached hydrogens (primary N) is 1. The van der Waals surface area contributed by atoms with Gasteiger partial charge >= 0.3 is 0 Å². The van der Waals surface area contributed by atoms with Crippen molar-refractivity contribution < 1.29 is 8.42 Å². The average molecular weight is 373 g/mol. The Morgan fingerprint density at radius 1 is 0.840 bits per heavy atom. The Balaban J connectivity index is 2.06. The van der Waals surface area contributed by atoms with Gasteiger partial charge in [-0.2, -0.15) is 0 Å². The van der Waals surface area contributed by atoms with Crippen LogP contribution in [0.1, 0.15) is 5.56 Å². The quantitative estimate of drug-likeness (QED) is 0.678. The van der Waals surface area contributed by atoms with Gasteiger partial charge in [-0.3, -0.25) is 4.31 Å². The predicted octanol–water partition coefficient (Wildman–Crippen LogP) is 4.32. The minimum Gasteiger partial charge on any atom is -0.399 e. The number of halogens is 1. The van der Waals surface area contributed by atoms with Gasteiger partial charge in [0.25, 0.3) is 10.0 Å². The number of hydrogen-bond acceptors (Lipinski definition) is 3. The van der Waals surface area contributed by atoms with Crippen molar-refractivity contribution in [3.63, 3.8) is 0 Å². The number of benzene rings is 3. The highest BCUT2D eigenvalue weighted by atomic mass is 35.5. The first-order valence-corrected chi connectivity index (χ1v) is 9.46. The molecule has 0 bridgehead atoms. The largest absolute Gasteiger partial charge is 0.399 e. The highest BCUT2D eigenvalue weighted by molar-refractivity contribution is 7.92.